The van der Waals surface area contributed by atoms with Crippen molar-refractivity contribution in [3.63, 3.8) is 0 Å². The van der Waals surface area contributed by atoms with Crippen molar-refractivity contribution in [3.05, 3.63) is 54.1 Å². The first-order chi connectivity index (χ1) is 11.2. The van der Waals surface area contributed by atoms with E-state index in [4.69, 9.17) is 0 Å². The van der Waals surface area contributed by atoms with Gasteiger partial charge in [-0.1, -0.05) is 24.3 Å². The van der Waals surface area contributed by atoms with Crippen LogP contribution in [0, 0.1) is 5.92 Å². The molecule has 1 amide bonds. The Balaban J connectivity index is 1.59. The molecule has 120 valence electrons. The molecule has 0 atom stereocenters. The number of amides is 1. The van der Waals surface area contributed by atoms with Crippen molar-refractivity contribution < 1.29 is 9.90 Å². The van der Waals surface area contributed by atoms with Crippen molar-refractivity contribution in [1.82, 2.24) is 10.6 Å². The van der Waals surface area contributed by atoms with Crippen molar-refractivity contribution in [3.8, 4) is 16.9 Å². The van der Waals surface area contributed by atoms with E-state index in [1.54, 1.807) is 12.1 Å². The quantitative estimate of drug-likeness (QED) is 0.814. The Morgan fingerprint density at radius 3 is 2.17 bits per heavy atom. The lowest BCUT2D eigenvalue weighted by Gasteiger charge is -2.22. The molecule has 1 heterocycles. The Morgan fingerprint density at radius 2 is 1.57 bits per heavy atom. The molecule has 0 spiro atoms. The van der Waals surface area contributed by atoms with Crippen LogP contribution in [0.1, 0.15) is 23.2 Å². The van der Waals surface area contributed by atoms with Crippen LogP contribution < -0.4 is 10.6 Å². The van der Waals surface area contributed by atoms with E-state index in [-0.39, 0.29) is 11.7 Å². The number of phenols is 1. The van der Waals surface area contributed by atoms with E-state index in [1.807, 2.05) is 36.4 Å². The van der Waals surface area contributed by atoms with Gasteiger partial charge in [0.2, 0.25) is 0 Å². The van der Waals surface area contributed by atoms with E-state index in [0.717, 1.165) is 43.6 Å². The molecular formula is C19H22N2O2. The summed E-state index contributed by atoms with van der Waals surface area (Å²) in [7, 11) is 0. The third kappa shape index (κ3) is 4.11. The summed E-state index contributed by atoms with van der Waals surface area (Å²) in [6, 6.07) is 14.6. The maximum absolute atomic E-state index is 12.2. The highest BCUT2D eigenvalue weighted by Gasteiger charge is 2.14. The summed E-state index contributed by atoms with van der Waals surface area (Å²) in [5.74, 6) is 0.819. The Bertz CT molecular complexity index is 644. The van der Waals surface area contributed by atoms with Gasteiger partial charge < -0.3 is 15.7 Å². The van der Waals surface area contributed by atoms with E-state index in [9.17, 15) is 9.90 Å². The summed E-state index contributed by atoms with van der Waals surface area (Å²) in [4.78, 5) is 12.2. The van der Waals surface area contributed by atoms with Crippen LogP contribution in [0.15, 0.2) is 48.5 Å². The second kappa shape index (κ2) is 7.29. The standard InChI is InChI=1S/C19H22N2O2/c22-18-7-5-16(6-8-18)15-1-3-17(4-2-15)19(23)21-13-14-9-11-20-12-10-14/h1-8,14,20,22H,9-13H2,(H,21,23). The normalized spacial score (nSPS) is 15.3. The van der Waals surface area contributed by atoms with Gasteiger partial charge in [0.25, 0.3) is 5.91 Å². The van der Waals surface area contributed by atoms with Gasteiger partial charge in [-0.15, -0.1) is 0 Å². The predicted octanol–water partition coefficient (Wildman–Crippen LogP) is 2.79. The largest absolute Gasteiger partial charge is 0.508 e. The highest BCUT2D eigenvalue weighted by atomic mass is 16.3. The van der Waals surface area contributed by atoms with Gasteiger partial charge in [0.1, 0.15) is 5.75 Å². The first-order valence-electron chi connectivity index (χ1n) is 8.11. The number of carbonyl (C=O) groups is 1. The van der Waals surface area contributed by atoms with E-state index >= 15 is 0 Å². The third-order valence-electron chi connectivity index (χ3n) is 4.36. The molecule has 3 rings (SSSR count). The maximum Gasteiger partial charge on any atom is 0.251 e. The van der Waals surface area contributed by atoms with Gasteiger partial charge in [0.15, 0.2) is 0 Å². The van der Waals surface area contributed by atoms with Gasteiger partial charge in [-0.2, -0.15) is 0 Å². The minimum absolute atomic E-state index is 0.0132. The zero-order valence-corrected chi connectivity index (χ0v) is 13.1. The summed E-state index contributed by atoms with van der Waals surface area (Å²) in [6.07, 6.45) is 2.25. The second-order valence-electron chi connectivity index (χ2n) is 6.03. The molecule has 3 N–H and O–H groups in total. The minimum Gasteiger partial charge on any atom is -0.508 e. The number of rotatable bonds is 4. The Morgan fingerprint density at radius 1 is 1.00 bits per heavy atom. The zero-order chi connectivity index (χ0) is 16.1. The van der Waals surface area contributed by atoms with Crippen LogP contribution in [0.3, 0.4) is 0 Å². The number of phenolic OH excluding ortho intramolecular Hbond substituents is 1. The van der Waals surface area contributed by atoms with E-state index in [2.05, 4.69) is 10.6 Å². The molecule has 0 bridgehead atoms. The lowest BCUT2D eigenvalue weighted by Crippen LogP contribution is -2.35. The number of carbonyl (C=O) groups excluding carboxylic acids is 1. The summed E-state index contributed by atoms with van der Waals surface area (Å²) in [5.41, 5.74) is 2.73. The molecule has 0 saturated carbocycles. The molecular weight excluding hydrogens is 288 g/mol. The fraction of sp³-hybridized carbons (Fsp3) is 0.316. The number of aromatic hydroxyl groups is 1. The third-order valence-corrected chi connectivity index (χ3v) is 4.36. The molecule has 1 saturated heterocycles. The zero-order valence-electron chi connectivity index (χ0n) is 13.1. The molecule has 2 aromatic rings. The van der Waals surface area contributed by atoms with Crippen LogP contribution >= 0.6 is 0 Å². The van der Waals surface area contributed by atoms with E-state index < -0.39 is 0 Å². The minimum atomic E-state index is -0.0132. The monoisotopic (exact) mass is 310 g/mol. The van der Waals surface area contributed by atoms with Crippen LogP contribution in [0.25, 0.3) is 11.1 Å². The molecule has 1 fully saturated rings. The van der Waals surface area contributed by atoms with Gasteiger partial charge >= 0.3 is 0 Å². The lowest BCUT2D eigenvalue weighted by molar-refractivity contribution is 0.0944. The average molecular weight is 310 g/mol. The van der Waals surface area contributed by atoms with Crippen LogP contribution in [0.5, 0.6) is 5.75 Å². The number of benzene rings is 2. The van der Waals surface area contributed by atoms with Crippen LogP contribution in [-0.4, -0.2) is 30.6 Å². The smallest absolute Gasteiger partial charge is 0.251 e. The van der Waals surface area contributed by atoms with Crippen molar-refractivity contribution in [2.24, 2.45) is 5.92 Å². The van der Waals surface area contributed by atoms with Crippen molar-refractivity contribution in [2.75, 3.05) is 19.6 Å². The Labute approximate surface area is 136 Å². The number of hydrogen-bond acceptors (Lipinski definition) is 3. The molecule has 1 aliphatic heterocycles. The van der Waals surface area contributed by atoms with Gasteiger partial charge in [0.05, 0.1) is 0 Å². The molecule has 1 aliphatic rings. The lowest BCUT2D eigenvalue weighted by atomic mass is 9.98. The summed E-state index contributed by atoms with van der Waals surface area (Å²) >= 11 is 0. The van der Waals surface area contributed by atoms with Crippen molar-refractivity contribution >= 4 is 5.91 Å². The first-order valence-corrected chi connectivity index (χ1v) is 8.11. The van der Waals surface area contributed by atoms with Gasteiger partial charge in [-0.25, -0.2) is 0 Å². The van der Waals surface area contributed by atoms with E-state index in [1.165, 1.54) is 0 Å². The topological polar surface area (TPSA) is 61.4 Å². The molecule has 4 nitrogen and oxygen atoms in total. The highest BCUT2D eigenvalue weighted by Crippen LogP contribution is 2.22. The molecule has 4 heteroatoms. The SMILES string of the molecule is O=C(NCC1CCNCC1)c1ccc(-c2ccc(O)cc2)cc1. The maximum atomic E-state index is 12.2. The Kier molecular flexibility index (Phi) is 4.93. The summed E-state index contributed by atoms with van der Waals surface area (Å²) in [5, 5.41) is 15.7. The summed E-state index contributed by atoms with van der Waals surface area (Å²) < 4.78 is 0. The second-order valence-corrected chi connectivity index (χ2v) is 6.03. The molecule has 2 aromatic carbocycles. The fourth-order valence-corrected chi connectivity index (χ4v) is 2.89. The fourth-order valence-electron chi connectivity index (χ4n) is 2.89. The average Bonchev–Trinajstić information content (AvgIpc) is 2.61. The van der Waals surface area contributed by atoms with Gasteiger partial charge in [-0.3, -0.25) is 4.79 Å². The number of hydrogen-bond donors (Lipinski definition) is 3. The van der Waals surface area contributed by atoms with E-state index in [0.29, 0.717) is 11.5 Å². The molecule has 0 radical (unpaired) electrons. The molecule has 0 aromatic heterocycles. The summed E-state index contributed by atoms with van der Waals surface area (Å²) in [6.45, 7) is 2.84. The molecule has 0 aliphatic carbocycles. The van der Waals surface area contributed by atoms with Crippen LogP contribution in [0.2, 0.25) is 0 Å². The van der Waals surface area contributed by atoms with Crippen LogP contribution in [0.4, 0.5) is 0 Å². The van der Waals surface area contributed by atoms with Crippen molar-refractivity contribution in [2.45, 2.75) is 12.8 Å². The van der Waals surface area contributed by atoms with Gasteiger partial charge in [0, 0.05) is 12.1 Å². The Hall–Kier alpha value is -2.33. The predicted molar refractivity (Wildman–Crippen MR) is 91.5 cm³/mol. The first kappa shape index (κ1) is 15.6. The molecule has 0 unspecified atom stereocenters. The highest BCUT2D eigenvalue weighted by molar-refractivity contribution is 5.94. The van der Waals surface area contributed by atoms with Crippen molar-refractivity contribution in [1.29, 1.82) is 0 Å². The van der Waals surface area contributed by atoms with Crippen LogP contribution in [-0.2, 0) is 0 Å². The number of piperidine rings is 1. The molecule has 23 heavy (non-hydrogen) atoms. The number of nitrogens with one attached hydrogen (secondary N) is 2. The van der Waals surface area contributed by atoms with Gasteiger partial charge in [-0.05, 0) is 67.2 Å².